The number of rotatable bonds is 8. The highest BCUT2D eigenvalue weighted by molar-refractivity contribution is 14.0. The van der Waals surface area contributed by atoms with Gasteiger partial charge < -0.3 is 15.4 Å². The molecule has 0 spiro atoms. The number of hydrogen-bond donors (Lipinski definition) is 2. The monoisotopic (exact) mass is 514 g/mol. The Kier molecular flexibility index (Phi) is 10.3. The van der Waals surface area contributed by atoms with Crippen LogP contribution in [-0.2, 0) is 17.9 Å². The van der Waals surface area contributed by atoms with E-state index < -0.39 is 0 Å². The molecule has 1 aliphatic heterocycles. The van der Waals surface area contributed by atoms with Crippen LogP contribution in [0.3, 0.4) is 0 Å². The molecule has 2 N–H and O–H groups in total. The Balaban J connectivity index is 0.00000280. The van der Waals surface area contributed by atoms with Crippen LogP contribution in [0.15, 0.2) is 46.8 Å². The first kappa shape index (κ1) is 23.1. The molecule has 2 aromatic rings. The fourth-order valence-corrected chi connectivity index (χ4v) is 4.42. The number of benzene rings is 1. The first-order chi connectivity index (χ1) is 13.3. The van der Waals surface area contributed by atoms with Crippen molar-refractivity contribution in [1.82, 2.24) is 15.5 Å². The first-order valence-electron chi connectivity index (χ1n) is 9.59. The van der Waals surface area contributed by atoms with Gasteiger partial charge in [-0.1, -0.05) is 30.3 Å². The first-order valence-corrected chi connectivity index (χ1v) is 10.5. The zero-order chi connectivity index (χ0) is 18.9. The largest absolute Gasteiger partial charge is 0.380 e. The fourth-order valence-electron chi connectivity index (χ4n) is 3.56. The lowest BCUT2D eigenvalue weighted by atomic mass is 10.1. The molecular formula is C21H31IN4OS. The lowest BCUT2D eigenvalue weighted by molar-refractivity contribution is 0.184. The fraction of sp³-hybridized carbons (Fsp3) is 0.476. The van der Waals surface area contributed by atoms with Gasteiger partial charge in [0, 0.05) is 32.1 Å². The summed E-state index contributed by atoms with van der Waals surface area (Å²) in [6.07, 6.45) is 2.59. The van der Waals surface area contributed by atoms with Crippen LogP contribution in [0.25, 0.3) is 0 Å². The number of likely N-dealkylation sites (tertiary alicyclic amines) is 1. The van der Waals surface area contributed by atoms with E-state index >= 15 is 0 Å². The summed E-state index contributed by atoms with van der Waals surface area (Å²) < 4.78 is 5.30. The Morgan fingerprint density at radius 3 is 2.54 bits per heavy atom. The lowest BCUT2D eigenvalue weighted by Crippen LogP contribution is -2.42. The molecule has 3 rings (SSSR count). The number of halogens is 1. The van der Waals surface area contributed by atoms with E-state index in [2.05, 4.69) is 56.2 Å². The predicted molar refractivity (Wildman–Crippen MR) is 129 cm³/mol. The summed E-state index contributed by atoms with van der Waals surface area (Å²) in [5, 5.41) is 9.14. The van der Waals surface area contributed by atoms with E-state index in [0.717, 1.165) is 19.0 Å². The highest BCUT2D eigenvalue weighted by atomic mass is 127. The molecule has 28 heavy (non-hydrogen) atoms. The molecule has 1 unspecified atom stereocenters. The highest BCUT2D eigenvalue weighted by Crippen LogP contribution is 2.27. The van der Waals surface area contributed by atoms with Gasteiger partial charge in [-0.25, -0.2) is 0 Å². The lowest BCUT2D eigenvalue weighted by Gasteiger charge is -2.27. The number of aliphatic imine (C=N–C) groups is 1. The number of ether oxygens (including phenoxy) is 1. The number of hydrogen-bond acceptors (Lipinski definition) is 4. The van der Waals surface area contributed by atoms with Gasteiger partial charge >= 0.3 is 0 Å². The second-order valence-electron chi connectivity index (χ2n) is 6.78. The van der Waals surface area contributed by atoms with Crippen LogP contribution in [0.1, 0.15) is 34.9 Å². The molecule has 1 atom stereocenters. The van der Waals surface area contributed by atoms with Crippen molar-refractivity contribution in [3.63, 3.8) is 0 Å². The van der Waals surface area contributed by atoms with E-state index in [9.17, 15) is 0 Å². The third kappa shape index (κ3) is 6.43. The van der Waals surface area contributed by atoms with Crippen molar-refractivity contribution in [1.29, 1.82) is 0 Å². The van der Waals surface area contributed by atoms with Crippen LogP contribution in [0.4, 0.5) is 0 Å². The zero-order valence-corrected chi connectivity index (χ0v) is 19.8. The van der Waals surface area contributed by atoms with Crippen molar-refractivity contribution in [3.05, 3.63) is 57.8 Å². The van der Waals surface area contributed by atoms with Gasteiger partial charge in [-0.3, -0.25) is 9.89 Å². The maximum Gasteiger partial charge on any atom is 0.191 e. The molecule has 1 fully saturated rings. The maximum absolute atomic E-state index is 5.30. The molecule has 1 aliphatic rings. The molecule has 1 aromatic heterocycles. The minimum Gasteiger partial charge on any atom is -0.380 e. The van der Waals surface area contributed by atoms with Crippen LogP contribution >= 0.6 is 35.3 Å². The third-order valence-electron chi connectivity index (χ3n) is 5.00. The molecule has 1 aromatic carbocycles. The second-order valence-corrected chi connectivity index (χ2v) is 7.76. The van der Waals surface area contributed by atoms with Gasteiger partial charge in [-0.05, 0) is 48.5 Å². The molecule has 0 saturated carbocycles. The average molecular weight is 514 g/mol. The normalized spacial score (nSPS) is 15.9. The van der Waals surface area contributed by atoms with Crippen LogP contribution in [0, 0.1) is 0 Å². The van der Waals surface area contributed by atoms with E-state index in [-0.39, 0.29) is 24.0 Å². The molecule has 7 heteroatoms. The van der Waals surface area contributed by atoms with Crippen LogP contribution < -0.4 is 10.6 Å². The second kappa shape index (κ2) is 12.4. The molecular weight excluding hydrogens is 483 g/mol. The van der Waals surface area contributed by atoms with Crippen molar-refractivity contribution >= 4 is 41.3 Å². The smallest absolute Gasteiger partial charge is 0.191 e. The summed E-state index contributed by atoms with van der Waals surface area (Å²) in [6, 6.07) is 13.1. The van der Waals surface area contributed by atoms with E-state index in [1.165, 1.54) is 41.9 Å². The molecule has 5 nitrogen and oxygen atoms in total. The number of thiophene rings is 1. The van der Waals surface area contributed by atoms with Crippen LogP contribution in [0.2, 0.25) is 0 Å². The number of nitrogens with zero attached hydrogens (tertiary/aromatic N) is 2. The Hall–Kier alpha value is -1.16. The van der Waals surface area contributed by atoms with E-state index in [1.54, 1.807) is 7.11 Å². The van der Waals surface area contributed by atoms with E-state index in [0.29, 0.717) is 12.6 Å². The van der Waals surface area contributed by atoms with Crippen LogP contribution in [-0.4, -0.2) is 44.7 Å². The number of guanidine groups is 1. The summed E-state index contributed by atoms with van der Waals surface area (Å²) in [7, 11) is 3.56. The number of nitrogens with one attached hydrogen (secondary N) is 2. The minimum absolute atomic E-state index is 0. The molecule has 2 heterocycles. The highest BCUT2D eigenvalue weighted by Gasteiger charge is 2.24. The van der Waals surface area contributed by atoms with E-state index in [1.807, 2.05) is 24.5 Å². The Morgan fingerprint density at radius 2 is 1.89 bits per heavy atom. The summed E-state index contributed by atoms with van der Waals surface area (Å²) in [6.45, 7) is 4.58. The zero-order valence-electron chi connectivity index (χ0n) is 16.7. The quantitative estimate of drug-likeness (QED) is 0.318. The van der Waals surface area contributed by atoms with Crippen molar-refractivity contribution in [2.45, 2.75) is 32.0 Å². The average Bonchev–Trinajstić information content (AvgIpc) is 3.40. The summed E-state index contributed by atoms with van der Waals surface area (Å²) in [4.78, 5) is 8.41. The van der Waals surface area contributed by atoms with Crippen molar-refractivity contribution in [2.24, 2.45) is 4.99 Å². The van der Waals surface area contributed by atoms with Gasteiger partial charge in [0.15, 0.2) is 5.96 Å². The Morgan fingerprint density at radius 1 is 1.14 bits per heavy atom. The van der Waals surface area contributed by atoms with Gasteiger partial charge in [0.25, 0.3) is 0 Å². The van der Waals surface area contributed by atoms with Crippen molar-refractivity contribution in [3.8, 4) is 0 Å². The molecule has 0 aliphatic carbocycles. The topological polar surface area (TPSA) is 48.9 Å². The van der Waals surface area contributed by atoms with Crippen LogP contribution in [0.5, 0.6) is 0 Å². The molecule has 1 saturated heterocycles. The van der Waals surface area contributed by atoms with Crippen molar-refractivity contribution < 1.29 is 4.74 Å². The maximum atomic E-state index is 5.30. The predicted octanol–water partition coefficient (Wildman–Crippen LogP) is 4.01. The van der Waals surface area contributed by atoms with E-state index in [4.69, 9.17) is 4.74 Å². The Labute approximate surface area is 189 Å². The minimum atomic E-state index is 0. The van der Waals surface area contributed by atoms with Gasteiger partial charge in [0.05, 0.1) is 12.6 Å². The SMILES string of the molecule is CN=C(NCc1ccccc1COC)NCC(c1cccs1)N1CCCC1.I. The summed E-state index contributed by atoms with van der Waals surface area (Å²) in [5.41, 5.74) is 2.44. The summed E-state index contributed by atoms with van der Waals surface area (Å²) >= 11 is 1.84. The molecule has 0 radical (unpaired) electrons. The summed E-state index contributed by atoms with van der Waals surface area (Å²) in [5.74, 6) is 0.836. The Bertz CT molecular complexity index is 717. The van der Waals surface area contributed by atoms with Gasteiger partial charge in [0.2, 0.25) is 0 Å². The third-order valence-corrected chi connectivity index (χ3v) is 5.98. The number of methoxy groups -OCH3 is 1. The van der Waals surface area contributed by atoms with Crippen molar-refractivity contribution in [2.75, 3.05) is 33.8 Å². The van der Waals surface area contributed by atoms with Gasteiger partial charge in [-0.2, -0.15) is 0 Å². The van der Waals surface area contributed by atoms with Gasteiger partial charge in [-0.15, -0.1) is 35.3 Å². The standard InChI is InChI=1S/C21H30N4OS.HI/c1-22-21(23-14-17-8-3-4-9-18(17)16-26-2)24-15-19(20-10-7-13-27-20)25-11-5-6-12-25;/h3-4,7-10,13,19H,5-6,11-12,14-16H2,1-2H3,(H2,22,23,24);1H. The van der Waals surface area contributed by atoms with Gasteiger partial charge in [0.1, 0.15) is 0 Å². The molecule has 154 valence electrons. The molecule has 0 amide bonds. The molecule has 0 bridgehead atoms.